The summed E-state index contributed by atoms with van der Waals surface area (Å²) in [6.45, 7) is -0.920. The van der Waals surface area contributed by atoms with Crippen molar-refractivity contribution in [3.05, 3.63) is 99.9 Å². The molecule has 0 aliphatic rings. The van der Waals surface area contributed by atoms with Crippen LogP contribution < -0.4 is 0 Å². The number of carbonyl (C=O) groups is 2. The van der Waals surface area contributed by atoms with Crippen LogP contribution in [0.15, 0.2) is 60.7 Å². The number of carbonyl (C=O) groups excluding carboxylic acids is 2. The van der Waals surface area contributed by atoms with Crippen LogP contribution in [0, 0.1) is 0 Å². The maximum absolute atomic E-state index is 13.0. The van der Waals surface area contributed by atoms with Crippen molar-refractivity contribution in [3.8, 4) is 0 Å². The van der Waals surface area contributed by atoms with Crippen molar-refractivity contribution in [2.24, 2.45) is 0 Å². The highest BCUT2D eigenvalue weighted by atomic mass is 19.4. The molecule has 1 aromatic heterocycles. The number of benzene rings is 2. The Hall–Kier alpha value is -3.93. The van der Waals surface area contributed by atoms with Gasteiger partial charge < -0.3 is 14.9 Å². The van der Waals surface area contributed by atoms with Gasteiger partial charge in [-0.15, -0.1) is 0 Å². The predicted octanol–water partition coefficient (Wildman–Crippen LogP) is 5.16. The summed E-state index contributed by atoms with van der Waals surface area (Å²) in [5.74, 6) is -1.43. The average molecular weight is 539 g/mol. The number of amides is 2. The van der Waals surface area contributed by atoms with Crippen LogP contribution >= 0.6 is 0 Å². The van der Waals surface area contributed by atoms with E-state index >= 15 is 0 Å². The van der Waals surface area contributed by atoms with Gasteiger partial charge in [0.1, 0.15) is 11.4 Å². The number of hydrogen-bond donors (Lipinski definition) is 1. The summed E-state index contributed by atoms with van der Waals surface area (Å²) in [5, 5.41) is 9.62. The van der Waals surface area contributed by atoms with Crippen molar-refractivity contribution in [1.29, 1.82) is 0 Å². The van der Waals surface area contributed by atoms with E-state index in [4.69, 9.17) is 0 Å². The Morgan fingerprint density at radius 3 is 1.45 bits per heavy atom. The molecular weight excluding hydrogens is 516 g/mol. The summed E-state index contributed by atoms with van der Waals surface area (Å²) in [5.41, 5.74) is -1.60. The van der Waals surface area contributed by atoms with Crippen LogP contribution in [-0.2, 0) is 32.0 Å². The molecule has 0 fully saturated rings. The first kappa shape index (κ1) is 28.6. The van der Waals surface area contributed by atoms with E-state index in [2.05, 4.69) is 4.98 Å². The molecule has 1 N–H and O–H groups in total. The van der Waals surface area contributed by atoms with Gasteiger partial charge in [0.2, 0.25) is 0 Å². The third-order valence-corrected chi connectivity index (χ3v) is 5.55. The smallest absolute Gasteiger partial charge is 0.392 e. The third kappa shape index (κ3) is 7.09. The monoisotopic (exact) mass is 539 g/mol. The fourth-order valence-electron chi connectivity index (χ4n) is 3.67. The molecule has 6 nitrogen and oxygen atoms in total. The molecule has 0 unspecified atom stereocenters. The fraction of sp³-hybridized carbons (Fsp3) is 0.269. The quantitative estimate of drug-likeness (QED) is 0.422. The lowest BCUT2D eigenvalue weighted by Gasteiger charge is -2.20. The maximum Gasteiger partial charge on any atom is 0.416 e. The first-order chi connectivity index (χ1) is 17.7. The summed E-state index contributed by atoms with van der Waals surface area (Å²) in [4.78, 5) is 32.3. The zero-order chi connectivity index (χ0) is 28.3. The second-order valence-electron chi connectivity index (χ2n) is 8.62. The van der Waals surface area contributed by atoms with Gasteiger partial charge in [-0.05, 0) is 53.1 Å². The lowest BCUT2D eigenvalue weighted by molar-refractivity contribution is -0.138. The van der Waals surface area contributed by atoms with Gasteiger partial charge in [-0.1, -0.05) is 24.3 Å². The van der Waals surface area contributed by atoms with Crippen LogP contribution in [0.4, 0.5) is 26.3 Å². The SMILES string of the molecule is CN(Cc1cccc(C(F)(F)F)c1)C(=O)c1cc(CO)cc(C(=O)N(C)Cc2cccc(C(F)(F)F)c2)n1. The molecule has 3 aromatic rings. The molecule has 2 aromatic carbocycles. The highest BCUT2D eigenvalue weighted by Gasteiger charge is 2.31. The molecule has 3 rings (SSSR count). The average Bonchev–Trinajstić information content (AvgIpc) is 2.86. The van der Waals surface area contributed by atoms with Gasteiger partial charge in [-0.2, -0.15) is 26.3 Å². The van der Waals surface area contributed by atoms with Crippen molar-refractivity contribution in [1.82, 2.24) is 14.8 Å². The van der Waals surface area contributed by atoms with Crippen LogP contribution in [0.1, 0.15) is 48.8 Å². The van der Waals surface area contributed by atoms with Crippen LogP contribution in [0.3, 0.4) is 0 Å². The molecule has 2 amide bonds. The number of aromatic nitrogens is 1. The molecule has 0 aliphatic carbocycles. The molecule has 0 atom stereocenters. The van der Waals surface area contributed by atoms with Gasteiger partial charge in [0.05, 0.1) is 17.7 Å². The number of aliphatic hydroxyl groups is 1. The summed E-state index contributed by atoms with van der Waals surface area (Å²) in [7, 11) is 2.69. The minimum atomic E-state index is -4.55. The highest BCUT2D eigenvalue weighted by Crippen LogP contribution is 2.30. The van der Waals surface area contributed by atoms with Gasteiger partial charge in [0.25, 0.3) is 11.8 Å². The zero-order valence-corrected chi connectivity index (χ0v) is 20.3. The van der Waals surface area contributed by atoms with Gasteiger partial charge in [0, 0.05) is 27.2 Å². The van der Waals surface area contributed by atoms with Gasteiger partial charge in [-0.3, -0.25) is 9.59 Å². The fourth-order valence-corrected chi connectivity index (χ4v) is 3.67. The van der Waals surface area contributed by atoms with E-state index in [1.807, 2.05) is 0 Å². The number of aliphatic hydroxyl groups excluding tert-OH is 1. The van der Waals surface area contributed by atoms with Crippen molar-refractivity contribution < 1.29 is 41.0 Å². The Kier molecular flexibility index (Phi) is 8.45. The standard InChI is InChI=1S/C26H23F6N3O3/c1-34(13-16-5-3-7-19(9-16)25(27,28)29)23(37)21-11-18(15-36)12-22(33-21)24(38)35(2)14-17-6-4-8-20(10-17)26(30,31)32/h3-12,36H,13-15H2,1-2H3. The zero-order valence-electron chi connectivity index (χ0n) is 20.3. The second-order valence-corrected chi connectivity index (χ2v) is 8.62. The van der Waals surface area contributed by atoms with E-state index in [1.54, 1.807) is 0 Å². The third-order valence-electron chi connectivity index (χ3n) is 5.55. The lowest BCUT2D eigenvalue weighted by Crippen LogP contribution is -2.30. The van der Waals surface area contributed by atoms with E-state index in [1.165, 1.54) is 50.5 Å². The molecule has 0 aliphatic heterocycles. The number of halogens is 6. The highest BCUT2D eigenvalue weighted by molar-refractivity contribution is 5.96. The van der Waals surface area contributed by atoms with E-state index < -0.39 is 41.9 Å². The molecule has 0 saturated carbocycles. The minimum absolute atomic E-state index is 0.173. The van der Waals surface area contributed by atoms with Gasteiger partial charge in [-0.25, -0.2) is 4.98 Å². The molecule has 12 heteroatoms. The van der Waals surface area contributed by atoms with E-state index in [0.717, 1.165) is 34.1 Å². The minimum Gasteiger partial charge on any atom is -0.392 e. The Morgan fingerprint density at radius 1 is 0.711 bits per heavy atom. The number of rotatable bonds is 7. The summed E-state index contributed by atoms with van der Waals surface area (Å²) >= 11 is 0. The predicted molar refractivity (Wildman–Crippen MR) is 125 cm³/mol. The second kappa shape index (κ2) is 11.2. The van der Waals surface area contributed by atoms with Crippen molar-refractivity contribution >= 4 is 11.8 Å². The van der Waals surface area contributed by atoms with E-state index in [0.29, 0.717) is 0 Å². The molecule has 0 radical (unpaired) electrons. The summed E-state index contributed by atoms with van der Waals surface area (Å²) in [6, 6.07) is 11.4. The van der Waals surface area contributed by atoms with Gasteiger partial charge >= 0.3 is 12.4 Å². The van der Waals surface area contributed by atoms with Gasteiger partial charge in [0.15, 0.2) is 0 Å². The van der Waals surface area contributed by atoms with Crippen molar-refractivity contribution in [3.63, 3.8) is 0 Å². The Morgan fingerprint density at radius 2 is 1.11 bits per heavy atom. The largest absolute Gasteiger partial charge is 0.416 e. The molecule has 202 valence electrons. The molecule has 0 bridgehead atoms. The van der Waals surface area contributed by atoms with Crippen LogP contribution in [0.2, 0.25) is 0 Å². The lowest BCUT2D eigenvalue weighted by atomic mass is 10.1. The number of nitrogens with zero attached hydrogens (tertiary/aromatic N) is 3. The van der Waals surface area contributed by atoms with E-state index in [-0.39, 0.29) is 41.2 Å². The molecular formula is C26H23F6N3O3. The van der Waals surface area contributed by atoms with E-state index in [9.17, 15) is 41.0 Å². The van der Waals surface area contributed by atoms with Crippen LogP contribution in [0.5, 0.6) is 0 Å². The first-order valence-corrected chi connectivity index (χ1v) is 11.1. The summed E-state index contributed by atoms with van der Waals surface area (Å²) < 4.78 is 78.0. The maximum atomic E-state index is 13.0. The molecule has 38 heavy (non-hydrogen) atoms. The van der Waals surface area contributed by atoms with Crippen LogP contribution in [0.25, 0.3) is 0 Å². The molecule has 1 heterocycles. The topological polar surface area (TPSA) is 73.7 Å². The normalized spacial score (nSPS) is 11.8. The first-order valence-electron chi connectivity index (χ1n) is 11.1. The molecule has 0 saturated heterocycles. The Labute approximate surface area is 214 Å². The number of hydrogen-bond acceptors (Lipinski definition) is 4. The molecule has 0 spiro atoms. The Balaban J connectivity index is 1.81. The van der Waals surface area contributed by atoms with Crippen molar-refractivity contribution in [2.45, 2.75) is 32.0 Å². The number of alkyl halides is 6. The summed E-state index contributed by atoms with van der Waals surface area (Å²) in [6.07, 6.45) is -9.10. The van der Waals surface area contributed by atoms with Crippen LogP contribution in [-0.4, -0.2) is 45.8 Å². The Bertz CT molecular complexity index is 1230. The van der Waals surface area contributed by atoms with Crippen molar-refractivity contribution in [2.75, 3.05) is 14.1 Å². The number of pyridine rings is 1.